The maximum absolute atomic E-state index is 13.2. The number of amides is 4. The van der Waals surface area contributed by atoms with Crippen LogP contribution in [0.3, 0.4) is 0 Å². The van der Waals surface area contributed by atoms with Crippen molar-refractivity contribution in [2.24, 2.45) is 0 Å². The van der Waals surface area contributed by atoms with Crippen molar-refractivity contribution in [1.82, 2.24) is 5.32 Å². The highest BCUT2D eigenvalue weighted by molar-refractivity contribution is 9.11. The first-order valence-corrected chi connectivity index (χ1v) is 12.6. The molecular weight excluding hydrogens is 668 g/mol. The zero-order chi connectivity index (χ0) is 28.6. The lowest BCUT2D eigenvalue weighted by Crippen LogP contribution is -2.54. The normalized spacial score (nSPS) is 14.4. The van der Waals surface area contributed by atoms with E-state index in [1.54, 1.807) is 13.0 Å². The van der Waals surface area contributed by atoms with Crippen LogP contribution in [-0.2, 0) is 9.59 Å². The summed E-state index contributed by atoms with van der Waals surface area (Å²) in [4.78, 5) is 59.8. The van der Waals surface area contributed by atoms with Crippen LogP contribution in [-0.4, -0.2) is 27.7 Å². The van der Waals surface area contributed by atoms with Gasteiger partial charge in [0.15, 0.2) is 5.75 Å². The molecular formula is C24H13Br2ClN4O8. The van der Waals surface area contributed by atoms with Crippen molar-refractivity contribution in [3.05, 3.63) is 99.4 Å². The molecule has 198 valence electrons. The van der Waals surface area contributed by atoms with Crippen LogP contribution in [0.1, 0.15) is 11.1 Å². The Morgan fingerprint density at radius 1 is 0.974 bits per heavy atom. The molecule has 0 bridgehead atoms. The highest BCUT2D eigenvalue weighted by Gasteiger charge is 2.37. The average Bonchev–Trinajstić information content (AvgIpc) is 2.86. The SMILES string of the molecule is Cc1ccc(N2C(=O)NC(=O)/C(=C\c3cc(Br)c(Oc4ccc([N+](=O)[O-])cc4[N+](=O)[O-])c(Br)c3)C2=O)cc1Cl. The van der Waals surface area contributed by atoms with Gasteiger partial charge in [-0.25, -0.2) is 9.69 Å². The third-order valence-electron chi connectivity index (χ3n) is 5.41. The Morgan fingerprint density at radius 2 is 1.64 bits per heavy atom. The van der Waals surface area contributed by atoms with Crippen molar-refractivity contribution < 1.29 is 29.0 Å². The minimum absolute atomic E-state index is 0.0830. The van der Waals surface area contributed by atoms with E-state index in [0.29, 0.717) is 10.6 Å². The molecule has 1 heterocycles. The molecule has 3 aromatic rings. The van der Waals surface area contributed by atoms with E-state index in [-0.39, 0.29) is 31.7 Å². The molecule has 0 aliphatic carbocycles. The Balaban J connectivity index is 1.69. The molecule has 3 aromatic carbocycles. The molecule has 1 aliphatic heterocycles. The fourth-order valence-corrected chi connectivity index (χ4v) is 5.06. The molecule has 1 N–H and O–H groups in total. The number of nitrogens with zero attached hydrogens (tertiary/aromatic N) is 3. The van der Waals surface area contributed by atoms with Crippen LogP contribution in [0.2, 0.25) is 5.02 Å². The smallest absolute Gasteiger partial charge is 0.335 e. The first kappa shape index (κ1) is 27.9. The Bertz CT molecular complexity index is 1620. The van der Waals surface area contributed by atoms with E-state index in [0.717, 1.165) is 28.7 Å². The molecule has 1 fully saturated rings. The number of aryl methyl sites for hydroxylation is 1. The van der Waals surface area contributed by atoms with Gasteiger partial charge in [0, 0.05) is 11.1 Å². The van der Waals surface area contributed by atoms with E-state index < -0.39 is 39.1 Å². The third kappa shape index (κ3) is 5.67. The lowest BCUT2D eigenvalue weighted by molar-refractivity contribution is -0.394. The van der Waals surface area contributed by atoms with E-state index in [4.69, 9.17) is 16.3 Å². The average molecular weight is 681 g/mol. The fraction of sp³-hybridized carbons (Fsp3) is 0.0417. The van der Waals surface area contributed by atoms with Gasteiger partial charge in [-0.1, -0.05) is 17.7 Å². The van der Waals surface area contributed by atoms with Crippen LogP contribution < -0.4 is 15.0 Å². The predicted molar refractivity (Wildman–Crippen MR) is 147 cm³/mol. The minimum Gasteiger partial charge on any atom is -0.448 e. The van der Waals surface area contributed by atoms with Gasteiger partial charge in [-0.15, -0.1) is 0 Å². The number of benzene rings is 3. The summed E-state index contributed by atoms with van der Waals surface area (Å²) in [6, 6.07) is 9.50. The maximum Gasteiger partial charge on any atom is 0.335 e. The number of imide groups is 2. The number of rotatable bonds is 6. The summed E-state index contributed by atoms with van der Waals surface area (Å²) in [5.41, 5.74) is -0.223. The fourth-order valence-electron chi connectivity index (χ4n) is 3.50. The van der Waals surface area contributed by atoms with E-state index in [1.165, 1.54) is 30.3 Å². The molecule has 15 heteroatoms. The number of carbonyl (C=O) groups excluding carboxylic acids is 3. The molecule has 0 atom stereocenters. The summed E-state index contributed by atoms with van der Waals surface area (Å²) in [7, 11) is 0. The molecule has 1 aliphatic rings. The number of anilines is 1. The second kappa shape index (κ2) is 10.9. The van der Waals surface area contributed by atoms with Gasteiger partial charge in [-0.05, 0) is 86.3 Å². The molecule has 0 saturated carbocycles. The Kier molecular flexibility index (Phi) is 7.81. The summed E-state index contributed by atoms with van der Waals surface area (Å²) in [6.45, 7) is 1.75. The molecule has 12 nitrogen and oxygen atoms in total. The maximum atomic E-state index is 13.2. The molecule has 0 unspecified atom stereocenters. The van der Waals surface area contributed by atoms with Gasteiger partial charge in [-0.2, -0.15) is 0 Å². The van der Waals surface area contributed by atoms with Crippen molar-refractivity contribution in [3.8, 4) is 11.5 Å². The largest absolute Gasteiger partial charge is 0.448 e. The Hall–Kier alpha value is -4.14. The Labute approximate surface area is 240 Å². The zero-order valence-electron chi connectivity index (χ0n) is 19.4. The van der Waals surface area contributed by atoms with Crippen LogP contribution in [0.25, 0.3) is 6.08 Å². The van der Waals surface area contributed by atoms with Crippen LogP contribution in [0.15, 0.2) is 63.0 Å². The van der Waals surface area contributed by atoms with Crippen molar-refractivity contribution in [1.29, 1.82) is 0 Å². The number of halogens is 3. The zero-order valence-corrected chi connectivity index (χ0v) is 23.4. The van der Waals surface area contributed by atoms with Crippen LogP contribution in [0.5, 0.6) is 11.5 Å². The minimum atomic E-state index is -0.933. The standard InChI is InChI=1S/C24H13Br2ClN4O8/c1-11-2-3-13(9-18(11)27)29-23(33)15(22(32)28-24(29)34)6-12-7-16(25)21(17(26)8-12)39-20-5-4-14(30(35)36)10-19(20)31(37)38/h2-10H,1H3,(H,28,32,34)/b15-6+. The second-order valence-electron chi connectivity index (χ2n) is 7.97. The van der Waals surface area contributed by atoms with Gasteiger partial charge in [0.25, 0.3) is 17.5 Å². The highest BCUT2D eigenvalue weighted by Crippen LogP contribution is 2.42. The topological polar surface area (TPSA) is 162 Å². The first-order chi connectivity index (χ1) is 18.4. The van der Waals surface area contributed by atoms with E-state index >= 15 is 0 Å². The highest BCUT2D eigenvalue weighted by atomic mass is 79.9. The number of nitro benzene ring substituents is 2. The molecule has 0 radical (unpaired) electrons. The number of nitro groups is 2. The molecule has 0 spiro atoms. The first-order valence-electron chi connectivity index (χ1n) is 10.6. The predicted octanol–water partition coefficient (Wildman–Crippen LogP) is 6.45. The van der Waals surface area contributed by atoms with E-state index in [2.05, 4.69) is 37.2 Å². The lowest BCUT2D eigenvalue weighted by Gasteiger charge is -2.26. The van der Waals surface area contributed by atoms with Crippen LogP contribution >= 0.6 is 43.5 Å². The van der Waals surface area contributed by atoms with Crippen molar-refractivity contribution in [3.63, 3.8) is 0 Å². The summed E-state index contributed by atoms with van der Waals surface area (Å²) < 4.78 is 6.20. The molecule has 0 aromatic heterocycles. The third-order valence-corrected chi connectivity index (χ3v) is 6.99. The van der Waals surface area contributed by atoms with Gasteiger partial charge in [0.05, 0.1) is 30.5 Å². The summed E-state index contributed by atoms with van der Waals surface area (Å²) in [5.74, 6) is -1.96. The number of barbiturate groups is 1. The molecule has 4 amide bonds. The van der Waals surface area contributed by atoms with Gasteiger partial charge < -0.3 is 4.74 Å². The van der Waals surface area contributed by atoms with Crippen molar-refractivity contribution >= 4 is 84.4 Å². The van der Waals surface area contributed by atoms with Crippen LogP contribution in [0, 0.1) is 27.2 Å². The monoisotopic (exact) mass is 678 g/mol. The van der Waals surface area contributed by atoms with Gasteiger partial charge in [-0.3, -0.25) is 35.1 Å². The number of non-ortho nitro benzene ring substituents is 1. The van der Waals surface area contributed by atoms with Gasteiger partial charge >= 0.3 is 11.7 Å². The second-order valence-corrected chi connectivity index (χ2v) is 10.1. The number of nitrogens with one attached hydrogen (secondary N) is 1. The van der Waals surface area contributed by atoms with Gasteiger partial charge in [0.2, 0.25) is 5.75 Å². The van der Waals surface area contributed by atoms with E-state index in [9.17, 15) is 34.6 Å². The molecule has 4 rings (SSSR count). The molecule has 39 heavy (non-hydrogen) atoms. The number of urea groups is 1. The Morgan fingerprint density at radius 3 is 2.23 bits per heavy atom. The number of carbonyl (C=O) groups is 3. The lowest BCUT2D eigenvalue weighted by atomic mass is 10.1. The summed E-state index contributed by atoms with van der Waals surface area (Å²) in [5, 5.41) is 24.9. The van der Waals surface area contributed by atoms with E-state index in [1.807, 2.05) is 0 Å². The van der Waals surface area contributed by atoms with Crippen molar-refractivity contribution in [2.75, 3.05) is 4.90 Å². The number of hydrogen-bond donors (Lipinski definition) is 1. The van der Waals surface area contributed by atoms with Crippen LogP contribution in [0.4, 0.5) is 21.9 Å². The number of ether oxygens (including phenoxy) is 1. The molecule has 1 saturated heterocycles. The number of hydrogen-bond acceptors (Lipinski definition) is 8. The summed E-state index contributed by atoms with van der Waals surface area (Å²) >= 11 is 12.7. The quantitative estimate of drug-likeness (QED) is 0.134. The summed E-state index contributed by atoms with van der Waals surface area (Å²) in [6.07, 6.45) is 1.25. The van der Waals surface area contributed by atoms with Gasteiger partial charge in [0.1, 0.15) is 5.57 Å². The van der Waals surface area contributed by atoms with Crippen molar-refractivity contribution in [2.45, 2.75) is 6.92 Å².